The monoisotopic (exact) mass is 231 g/mol. The molecule has 0 saturated carbocycles. The van der Waals surface area contributed by atoms with Gasteiger partial charge in [-0.1, -0.05) is 19.1 Å². The molecule has 1 heterocycles. The molecule has 90 valence electrons. The molecule has 4 heteroatoms. The van der Waals surface area contributed by atoms with Crippen molar-refractivity contribution < 1.29 is 5.11 Å². The summed E-state index contributed by atoms with van der Waals surface area (Å²) in [6, 6.07) is 7.24. The summed E-state index contributed by atoms with van der Waals surface area (Å²) >= 11 is 0. The smallest absolute Gasteiger partial charge is 0.115 e. The summed E-state index contributed by atoms with van der Waals surface area (Å²) in [5.41, 5.74) is 2.05. The number of aromatic hydroxyl groups is 1. The number of hydrogen-bond donors (Lipinski definition) is 2. The molecule has 17 heavy (non-hydrogen) atoms. The van der Waals surface area contributed by atoms with E-state index in [-0.39, 0.29) is 0 Å². The summed E-state index contributed by atoms with van der Waals surface area (Å²) in [4.78, 5) is 0. The van der Waals surface area contributed by atoms with E-state index in [9.17, 15) is 5.11 Å². The Morgan fingerprint density at radius 2 is 2.29 bits per heavy atom. The number of aryl methyl sites for hydroxylation is 1. The van der Waals surface area contributed by atoms with Crippen LogP contribution in [-0.4, -0.2) is 14.9 Å². The normalized spacial score (nSPS) is 10.4. The van der Waals surface area contributed by atoms with Crippen LogP contribution in [0.2, 0.25) is 0 Å². The largest absolute Gasteiger partial charge is 0.508 e. The van der Waals surface area contributed by atoms with Crippen LogP contribution in [0.5, 0.6) is 5.75 Å². The number of benzene rings is 1. The lowest BCUT2D eigenvalue weighted by atomic mass is 10.2. The number of rotatable bonds is 5. The van der Waals surface area contributed by atoms with Crippen molar-refractivity contribution in [3.05, 3.63) is 42.2 Å². The molecule has 0 saturated heterocycles. The second kappa shape index (κ2) is 5.39. The zero-order valence-electron chi connectivity index (χ0n) is 9.93. The van der Waals surface area contributed by atoms with E-state index in [4.69, 9.17) is 0 Å². The topological polar surface area (TPSA) is 50.1 Å². The van der Waals surface area contributed by atoms with E-state index in [0.717, 1.165) is 24.2 Å². The van der Waals surface area contributed by atoms with Gasteiger partial charge < -0.3 is 10.4 Å². The molecule has 2 rings (SSSR count). The maximum absolute atomic E-state index is 9.34. The Hall–Kier alpha value is -1.97. The third-order valence-corrected chi connectivity index (χ3v) is 2.49. The third kappa shape index (κ3) is 3.24. The number of aromatic nitrogens is 2. The second-order valence-corrected chi connectivity index (χ2v) is 4.02. The molecular formula is C13H17N3O. The van der Waals surface area contributed by atoms with Crippen molar-refractivity contribution in [2.24, 2.45) is 0 Å². The van der Waals surface area contributed by atoms with E-state index in [1.54, 1.807) is 12.1 Å². The summed E-state index contributed by atoms with van der Waals surface area (Å²) < 4.78 is 1.92. The summed E-state index contributed by atoms with van der Waals surface area (Å²) in [7, 11) is 0. The van der Waals surface area contributed by atoms with Crippen LogP contribution in [-0.2, 0) is 13.1 Å². The van der Waals surface area contributed by atoms with E-state index in [1.807, 2.05) is 29.2 Å². The van der Waals surface area contributed by atoms with Crippen molar-refractivity contribution in [2.45, 2.75) is 26.4 Å². The quantitative estimate of drug-likeness (QED) is 0.831. The predicted molar refractivity (Wildman–Crippen MR) is 68.0 cm³/mol. The van der Waals surface area contributed by atoms with Crippen LogP contribution in [0, 0.1) is 0 Å². The second-order valence-electron chi connectivity index (χ2n) is 4.02. The molecule has 0 aliphatic rings. The maximum atomic E-state index is 9.34. The Kier molecular flexibility index (Phi) is 3.65. The number of hydrogen-bond acceptors (Lipinski definition) is 3. The number of phenols is 1. The van der Waals surface area contributed by atoms with Crippen molar-refractivity contribution in [2.75, 3.05) is 5.32 Å². The Morgan fingerprint density at radius 3 is 3.06 bits per heavy atom. The predicted octanol–water partition coefficient (Wildman–Crippen LogP) is 2.61. The van der Waals surface area contributed by atoms with Gasteiger partial charge in [-0.25, -0.2) is 0 Å². The van der Waals surface area contributed by atoms with Gasteiger partial charge >= 0.3 is 0 Å². The summed E-state index contributed by atoms with van der Waals surface area (Å²) in [5, 5.41) is 16.9. The zero-order valence-corrected chi connectivity index (χ0v) is 9.93. The summed E-state index contributed by atoms with van der Waals surface area (Å²) in [6.45, 7) is 3.75. The Morgan fingerprint density at radius 1 is 1.41 bits per heavy atom. The highest BCUT2D eigenvalue weighted by atomic mass is 16.3. The minimum atomic E-state index is 0.297. The van der Waals surface area contributed by atoms with Gasteiger partial charge in [0.15, 0.2) is 0 Å². The van der Waals surface area contributed by atoms with Crippen LogP contribution in [0.15, 0.2) is 36.7 Å². The Bertz CT molecular complexity index is 479. The lowest BCUT2D eigenvalue weighted by molar-refractivity contribution is 0.474. The van der Waals surface area contributed by atoms with Crippen LogP contribution in [0.3, 0.4) is 0 Å². The number of anilines is 1. The van der Waals surface area contributed by atoms with Gasteiger partial charge in [0.1, 0.15) is 5.75 Å². The maximum Gasteiger partial charge on any atom is 0.115 e. The molecular weight excluding hydrogens is 214 g/mol. The molecule has 4 nitrogen and oxygen atoms in total. The minimum Gasteiger partial charge on any atom is -0.508 e. The Labute approximate surface area is 101 Å². The van der Waals surface area contributed by atoms with Gasteiger partial charge in [0.05, 0.1) is 11.9 Å². The van der Waals surface area contributed by atoms with Crippen LogP contribution in [0.25, 0.3) is 0 Å². The van der Waals surface area contributed by atoms with Gasteiger partial charge in [-0.05, 0) is 24.1 Å². The van der Waals surface area contributed by atoms with E-state index in [0.29, 0.717) is 12.3 Å². The molecule has 0 bridgehead atoms. The highest BCUT2D eigenvalue weighted by Crippen LogP contribution is 2.13. The average Bonchev–Trinajstić information content (AvgIpc) is 2.75. The molecule has 0 amide bonds. The molecule has 0 radical (unpaired) electrons. The van der Waals surface area contributed by atoms with Crippen LogP contribution >= 0.6 is 0 Å². The molecule has 0 aliphatic heterocycles. The molecule has 0 fully saturated rings. The van der Waals surface area contributed by atoms with E-state index in [2.05, 4.69) is 17.3 Å². The van der Waals surface area contributed by atoms with E-state index in [1.165, 1.54) is 0 Å². The molecule has 0 aliphatic carbocycles. The number of phenolic OH excluding ortho intramolecular Hbond substituents is 1. The molecule has 1 aromatic carbocycles. The lowest BCUT2D eigenvalue weighted by Gasteiger charge is -2.03. The highest BCUT2D eigenvalue weighted by molar-refractivity contribution is 5.40. The standard InChI is InChI=1S/C13H17N3O/c1-2-6-16-10-12(9-15-16)14-8-11-4-3-5-13(17)7-11/h3-5,7,9-10,14,17H,2,6,8H2,1H3. The van der Waals surface area contributed by atoms with Crippen molar-refractivity contribution in [1.82, 2.24) is 9.78 Å². The number of nitrogens with one attached hydrogen (secondary N) is 1. The van der Waals surface area contributed by atoms with Gasteiger partial charge in [0.25, 0.3) is 0 Å². The van der Waals surface area contributed by atoms with Crippen molar-refractivity contribution in [3.8, 4) is 5.75 Å². The van der Waals surface area contributed by atoms with Crippen molar-refractivity contribution in [3.63, 3.8) is 0 Å². The first-order valence-electron chi connectivity index (χ1n) is 5.82. The highest BCUT2D eigenvalue weighted by Gasteiger charge is 1.98. The van der Waals surface area contributed by atoms with Gasteiger partial charge in [0, 0.05) is 19.3 Å². The summed E-state index contributed by atoms with van der Waals surface area (Å²) in [6.07, 6.45) is 4.89. The fraction of sp³-hybridized carbons (Fsp3) is 0.308. The molecule has 0 atom stereocenters. The zero-order chi connectivity index (χ0) is 12.1. The lowest BCUT2D eigenvalue weighted by Crippen LogP contribution is -1.99. The van der Waals surface area contributed by atoms with Gasteiger partial charge in [-0.3, -0.25) is 4.68 Å². The first-order valence-corrected chi connectivity index (χ1v) is 5.82. The molecule has 0 spiro atoms. The SMILES string of the molecule is CCCn1cc(NCc2cccc(O)c2)cn1. The number of nitrogens with zero attached hydrogens (tertiary/aromatic N) is 2. The molecule has 0 unspecified atom stereocenters. The van der Waals surface area contributed by atoms with Crippen molar-refractivity contribution >= 4 is 5.69 Å². The van der Waals surface area contributed by atoms with E-state index >= 15 is 0 Å². The van der Waals surface area contributed by atoms with Crippen LogP contribution < -0.4 is 5.32 Å². The van der Waals surface area contributed by atoms with Gasteiger partial charge in [0.2, 0.25) is 0 Å². The molecule has 2 aromatic rings. The Balaban J connectivity index is 1.93. The molecule has 2 N–H and O–H groups in total. The molecule has 1 aromatic heterocycles. The fourth-order valence-corrected chi connectivity index (χ4v) is 1.68. The fourth-order valence-electron chi connectivity index (χ4n) is 1.68. The first-order chi connectivity index (χ1) is 8.28. The van der Waals surface area contributed by atoms with Gasteiger partial charge in [-0.2, -0.15) is 5.10 Å². The van der Waals surface area contributed by atoms with Gasteiger partial charge in [-0.15, -0.1) is 0 Å². The third-order valence-electron chi connectivity index (χ3n) is 2.49. The van der Waals surface area contributed by atoms with Crippen LogP contribution in [0.1, 0.15) is 18.9 Å². The summed E-state index contributed by atoms with van der Waals surface area (Å²) in [5.74, 6) is 0.297. The van der Waals surface area contributed by atoms with Crippen LogP contribution in [0.4, 0.5) is 5.69 Å². The first kappa shape index (κ1) is 11.5. The van der Waals surface area contributed by atoms with Crippen molar-refractivity contribution in [1.29, 1.82) is 0 Å². The minimum absolute atomic E-state index is 0.297. The average molecular weight is 231 g/mol. The van der Waals surface area contributed by atoms with E-state index < -0.39 is 0 Å².